The molecule has 31 heavy (non-hydrogen) atoms. The Morgan fingerprint density at radius 1 is 1.03 bits per heavy atom. The van der Waals surface area contributed by atoms with Crippen molar-refractivity contribution < 1.29 is 14.0 Å². The third kappa shape index (κ3) is 7.01. The van der Waals surface area contributed by atoms with Crippen molar-refractivity contribution in [3.8, 4) is 0 Å². The summed E-state index contributed by atoms with van der Waals surface area (Å²) in [5, 5.41) is 5.36. The van der Waals surface area contributed by atoms with Gasteiger partial charge in [-0.1, -0.05) is 0 Å². The van der Waals surface area contributed by atoms with Gasteiger partial charge in [-0.2, -0.15) is 0 Å². The Labute approximate surface area is 182 Å². The van der Waals surface area contributed by atoms with E-state index in [1.54, 1.807) is 43.4 Å². The summed E-state index contributed by atoms with van der Waals surface area (Å²) in [7, 11) is 3.51. The minimum absolute atomic E-state index is 0.0917. The molecule has 0 aliphatic carbocycles. The van der Waals surface area contributed by atoms with E-state index in [0.717, 1.165) is 37.4 Å². The number of aryl methyl sites for hydroxylation is 1. The minimum atomic E-state index is -0.457. The van der Waals surface area contributed by atoms with E-state index in [9.17, 15) is 14.0 Å². The summed E-state index contributed by atoms with van der Waals surface area (Å²) in [5.74, 6) is -0.311. The third-order valence-electron chi connectivity index (χ3n) is 5.11. The Bertz CT molecular complexity index is 911. The van der Waals surface area contributed by atoms with Crippen molar-refractivity contribution >= 4 is 23.3 Å². The molecule has 0 saturated carbocycles. The van der Waals surface area contributed by atoms with Gasteiger partial charge in [-0.15, -0.1) is 0 Å². The fourth-order valence-electron chi connectivity index (χ4n) is 3.35. The number of urea groups is 1. The first-order valence-electron chi connectivity index (χ1n) is 10.2. The number of aromatic nitrogens is 1. The highest BCUT2D eigenvalue weighted by molar-refractivity contribution is 5.99. The molecule has 1 aliphatic heterocycles. The Hall–Kier alpha value is -3.04. The van der Waals surface area contributed by atoms with Gasteiger partial charge in [0.05, 0.1) is 18.4 Å². The van der Waals surface area contributed by atoms with Gasteiger partial charge in [-0.25, -0.2) is 9.18 Å². The molecule has 2 heterocycles. The molecule has 0 bridgehead atoms. The summed E-state index contributed by atoms with van der Waals surface area (Å²) in [6, 6.07) is 7.65. The number of hydrogen-bond acceptors (Lipinski definition) is 5. The topological polar surface area (TPSA) is 80.8 Å². The van der Waals surface area contributed by atoms with Crippen LogP contribution < -0.4 is 10.6 Å². The highest BCUT2D eigenvalue weighted by Crippen LogP contribution is 2.17. The molecule has 1 saturated heterocycles. The van der Waals surface area contributed by atoms with Crippen LogP contribution >= 0.6 is 0 Å². The Morgan fingerprint density at radius 2 is 1.71 bits per heavy atom. The molecule has 1 aromatic carbocycles. The number of carbonyl (C=O) groups is 2. The van der Waals surface area contributed by atoms with E-state index in [1.165, 1.54) is 12.1 Å². The third-order valence-corrected chi connectivity index (χ3v) is 5.11. The fraction of sp³-hybridized carbons (Fsp3) is 0.409. The summed E-state index contributed by atoms with van der Waals surface area (Å²) in [6.07, 6.45) is 1.57. The van der Waals surface area contributed by atoms with Crippen LogP contribution in [0.1, 0.15) is 11.3 Å². The quantitative estimate of drug-likeness (QED) is 0.739. The molecule has 3 amide bonds. The number of carbonyl (C=O) groups excluding carboxylic acids is 2. The number of anilines is 2. The van der Waals surface area contributed by atoms with Crippen LogP contribution in [-0.2, 0) is 11.3 Å². The minimum Gasteiger partial charge on any atom is -0.348 e. The molecule has 1 aromatic heterocycles. The highest BCUT2D eigenvalue weighted by Gasteiger charge is 2.20. The molecule has 3 rings (SSSR count). The maximum atomic E-state index is 14.1. The van der Waals surface area contributed by atoms with Crippen LogP contribution in [0, 0.1) is 12.7 Å². The lowest BCUT2D eigenvalue weighted by Gasteiger charge is -2.34. The fourth-order valence-corrected chi connectivity index (χ4v) is 3.35. The van der Waals surface area contributed by atoms with Crippen molar-refractivity contribution in [3.05, 3.63) is 53.6 Å². The lowest BCUT2D eigenvalue weighted by molar-refractivity contribution is -0.130. The van der Waals surface area contributed by atoms with Gasteiger partial charge in [-0.3, -0.25) is 19.6 Å². The predicted octanol–water partition coefficient (Wildman–Crippen LogP) is 2.38. The van der Waals surface area contributed by atoms with Crippen LogP contribution in [0.3, 0.4) is 0 Å². The summed E-state index contributed by atoms with van der Waals surface area (Å²) in [6.45, 7) is 6.01. The largest absolute Gasteiger partial charge is 0.348 e. The van der Waals surface area contributed by atoms with Crippen LogP contribution in [-0.4, -0.2) is 78.4 Å². The van der Waals surface area contributed by atoms with Gasteiger partial charge in [0.2, 0.25) is 5.91 Å². The van der Waals surface area contributed by atoms with Crippen molar-refractivity contribution in [2.45, 2.75) is 13.5 Å². The number of benzene rings is 1. The zero-order valence-corrected chi connectivity index (χ0v) is 18.2. The van der Waals surface area contributed by atoms with E-state index in [0.29, 0.717) is 24.5 Å². The summed E-state index contributed by atoms with van der Waals surface area (Å²) in [5.41, 5.74) is 2.59. The molecular weight excluding hydrogens is 399 g/mol. The maximum absolute atomic E-state index is 14.1. The summed E-state index contributed by atoms with van der Waals surface area (Å²) >= 11 is 0. The van der Waals surface area contributed by atoms with Crippen molar-refractivity contribution in [2.75, 3.05) is 57.5 Å². The standard InChI is InChI=1S/C22H29FN6O2/c1-16-4-5-19(13-24-16)25-22(31)26-20-11-17(10-18(23)12-20)14-28-6-8-29(9-7-28)15-21(30)27(2)3/h4-5,10-13H,6-9,14-15H2,1-3H3,(H2,25,26,31). The Morgan fingerprint density at radius 3 is 2.35 bits per heavy atom. The first-order chi connectivity index (χ1) is 14.8. The summed E-state index contributed by atoms with van der Waals surface area (Å²) in [4.78, 5) is 34.2. The molecule has 9 heteroatoms. The maximum Gasteiger partial charge on any atom is 0.323 e. The van der Waals surface area contributed by atoms with E-state index in [1.807, 2.05) is 6.92 Å². The number of piperazine rings is 1. The van der Waals surface area contributed by atoms with Gasteiger partial charge < -0.3 is 15.5 Å². The van der Waals surface area contributed by atoms with Gasteiger partial charge >= 0.3 is 6.03 Å². The van der Waals surface area contributed by atoms with Crippen molar-refractivity contribution in [1.29, 1.82) is 0 Å². The normalized spacial score (nSPS) is 14.8. The molecule has 8 nitrogen and oxygen atoms in total. The lowest BCUT2D eigenvalue weighted by atomic mass is 10.1. The zero-order chi connectivity index (χ0) is 22.4. The first-order valence-corrected chi connectivity index (χ1v) is 10.2. The van der Waals surface area contributed by atoms with Crippen LogP contribution in [0.5, 0.6) is 0 Å². The molecule has 0 atom stereocenters. The second kappa shape index (κ2) is 10.3. The van der Waals surface area contributed by atoms with Crippen LogP contribution in [0.25, 0.3) is 0 Å². The number of halogens is 1. The van der Waals surface area contributed by atoms with Gasteiger partial charge in [0, 0.05) is 58.2 Å². The Kier molecular flexibility index (Phi) is 7.54. The van der Waals surface area contributed by atoms with Gasteiger partial charge in [0.15, 0.2) is 0 Å². The molecular formula is C22H29FN6O2. The van der Waals surface area contributed by atoms with Crippen molar-refractivity contribution in [3.63, 3.8) is 0 Å². The van der Waals surface area contributed by atoms with E-state index < -0.39 is 11.8 Å². The highest BCUT2D eigenvalue weighted by atomic mass is 19.1. The van der Waals surface area contributed by atoms with Crippen molar-refractivity contribution in [1.82, 2.24) is 19.7 Å². The van der Waals surface area contributed by atoms with Gasteiger partial charge in [-0.05, 0) is 42.8 Å². The molecule has 2 aromatic rings. The van der Waals surface area contributed by atoms with Crippen molar-refractivity contribution in [2.24, 2.45) is 0 Å². The molecule has 0 radical (unpaired) electrons. The Balaban J connectivity index is 1.53. The molecule has 166 valence electrons. The smallest absolute Gasteiger partial charge is 0.323 e. The van der Waals surface area contributed by atoms with E-state index in [-0.39, 0.29) is 5.91 Å². The predicted molar refractivity (Wildman–Crippen MR) is 118 cm³/mol. The number of hydrogen-bond donors (Lipinski definition) is 2. The number of nitrogens with zero attached hydrogens (tertiary/aromatic N) is 4. The molecule has 2 N–H and O–H groups in total. The number of likely N-dealkylation sites (N-methyl/N-ethyl adjacent to an activating group) is 1. The summed E-state index contributed by atoms with van der Waals surface area (Å²) < 4.78 is 14.1. The number of amides is 3. The van der Waals surface area contributed by atoms with Crippen LogP contribution in [0.4, 0.5) is 20.6 Å². The zero-order valence-electron chi connectivity index (χ0n) is 18.2. The number of rotatable bonds is 6. The van der Waals surface area contributed by atoms with E-state index in [2.05, 4.69) is 25.4 Å². The average molecular weight is 429 g/mol. The van der Waals surface area contributed by atoms with Gasteiger partial charge in [0.1, 0.15) is 5.82 Å². The van der Waals surface area contributed by atoms with Crippen LogP contribution in [0.2, 0.25) is 0 Å². The molecule has 1 fully saturated rings. The average Bonchev–Trinajstić information content (AvgIpc) is 2.70. The number of pyridine rings is 1. The van der Waals surface area contributed by atoms with Crippen LogP contribution in [0.15, 0.2) is 36.5 Å². The molecule has 0 unspecified atom stereocenters. The SMILES string of the molecule is Cc1ccc(NC(=O)Nc2cc(F)cc(CN3CCN(CC(=O)N(C)C)CC3)c2)cn1. The first kappa shape index (κ1) is 22.6. The number of nitrogens with one attached hydrogen (secondary N) is 2. The molecule has 1 aliphatic rings. The monoisotopic (exact) mass is 428 g/mol. The lowest BCUT2D eigenvalue weighted by Crippen LogP contribution is -2.48. The van der Waals surface area contributed by atoms with Gasteiger partial charge in [0.25, 0.3) is 0 Å². The van der Waals surface area contributed by atoms with E-state index in [4.69, 9.17) is 0 Å². The second-order valence-electron chi connectivity index (χ2n) is 7.96. The van der Waals surface area contributed by atoms with E-state index >= 15 is 0 Å². The second-order valence-corrected chi connectivity index (χ2v) is 7.96. The molecule has 0 spiro atoms.